The molecule has 0 spiro atoms. The lowest BCUT2D eigenvalue weighted by molar-refractivity contribution is -0.364. The molecule has 4 aromatic rings. The molecule has 0 aliphatic heterocycles. The minimum absolute atomic E-state index is 0.301. The highest BCUT2D eigenvalue weighted by atomic mass is 35.5. The van der Waals surface area contributed by atoms with Crippen molar-refractivity contribution in [3.05, 3.63) is 70.5 Å². The molecule has 3 heterocycles. The number of H-pyrrole nitrogens is 2. The van der Waals surface area contributed by atoms with Gasteiger partial charge in [-0.2, -0.15) is 5.10 Å². The van der Waals surface area contributed by atoms with Crippen LogP contribution in [0.4, 0.5) is 27.7 Å². The molecule has 0 fully saturated rings. The smallest absolute Gasteiger partial charge is 0.308 e. The van der Waals surface area contributed by atoms with Gasteiger partial charge in [0.2, 0.25) is 5.82 Å². The van der Waals surface area contributed by atoms with Gasteiger partial charge in [-0.15, -0.1) is 0 Å². The molecule has 0 bridgehead atoms. The topological polar surface area (TPSA) is 92.7 Å². The fourth-order valence-corrected chi connectivity index (χ4v) is 3.23. The Hall–Kier alpha value is -3.52. The third kappa shape index (κ3) is 4.23. The number of aryl methyl sites for hydroxylation is 3. The number of nitrogens with one attached hydrogen (secondary N) is 4. The largest absolute Gasteiger partial charge is 0.396 e. The first-order valence-corrected chi connectivity index (χ1v) is 9.64. The second-order valence-electron chi connectivity index (χ2n) is 6.96. The lowest BCUT2D eigenvalue weighted by Crippen LogP contribution is -2.14. The van der Waals surface area contributed by atoms with Gasteiger partial charge in [-0.3, -0.25) is 10.1 Å². The first-order valence-electron chi connectivity index (χ1n) is 9.26. The summed E-state index contributed by atoms with van der Waals surface area (Å²) in [4.78, 5) is 11.5. The van der Waals surface area contributed by atoms with Crippen molar-refractivity contribution in [2.45, 2.75) is 20.8 Å². The zero-order valence-corrected chi connectivity index (χ0v) is 17.4. The van der Waals surface area contributed by atoms with E-state index >= 15 is 0 Å². The highest BCUT2D eigenvalue weighted by Gasteiger charge is 2.17. The molecule has 1 aromatic carbocycles. The Bertz CT molecular complexity index is 1220. The van der Waals surface area contributed by atoms with Crippen LogP contribution in [0.15, 0.2) is 42.7 Å². The van der Waals surface area contributed by atoms with Crippen LogP contribution in [0, 0.1) is 26.6 Å². The van der Waals surface area contributed by atoms with Crippen LogP contribution >= 0.6 is 11.6 Å². The number of aromatic amines is 2. The predicted molar refractivity (Wildman–Crippen MR) is 115 cm³/mol. The Labute approximate surface area is 177 Å². The molecular weight excluding hydrogens is 405 g/mol. The molecule has 0 saturated carbocycles. The van der Waals surface area contributed by atoms with Crippen LogP contribution in [0.3, 0.4) is 0 Å². The van der Waals surface area contributed by atoms with Crippen molar-refractivity contribution in [1.82, 2.24) is 20.2 Å². The highest BCUT2D eigenvalue weighted by Crippen LogP contribution is 2.30. The van der Waals surface area contributed by atoms with Gasteiger partial charge in [0, 0.05) is 23.7 Å². The fraction of sp³-hybridized carbons (Fsp3) is 0.143. The van der Waals surface area contributed by atoms with E-state index in [0.29, 0.717) is 28.3 Å². The molecule has 0 amide bonds. The van der Waals surface area contributed by atoms with Crippen molar-refractivity contribution in [2.75, 3.05) is 10.6 Å². The quantitative estimate of drug-likeness (QED) is 0.424. The van der Waals surface area contributed by atoms with Gasteiger partial charge in [-0.25, -0.2) is 14.7 Å². The van der Waals surface area contributed by atoms with E-state index < -0.39 is 5.82 Å². The van der Waals surface area contributed by atoms with Crippen LogP contribution in [0.1, 0.15) is 17.0 Å². The molecule has 3 aromatic heterocycles. The second kappa shape index (κ2) is 8.08. The minimum atomic E-state index is -0.396. The van der Waals surface area contributed by atoms with Gasteiger partial charge in [-0.05, 0) is 61.7 Å². The lowest BCUT2D eigenvalue weighted by atomic mass is 10.00. The standard InChI is InChI=1S/C21H19ClFN7/c1-11-6-18(17(23)9-15(11)14-4-5-24-12(2)7-14)26-21-25-10-16(22)20(28-21)27-19-8-13(3)29-30-19/h4-10H,1-3H3,(H3,25,26,27,28,29,30)/p+1. The molecule has 9 heteroatoms. The van der Waals surface area contributed by atoms with Crippen LogP contribution in [0.25, 0.3) is 11.1 Å². The van der Waals surface area contributed by atoms with Crippen LogP contribution in [-0.2, 0) is 0 Å². The molecule has 0 aliphatic carbocycles. The third-order valence-electron chi connectivity index (χ3n) is 4.51. The maximum atomic E-state index is 14.9. The van der Waals surface area contributed by atoms with Gasteiger partial charge in [0.1, 0.15) is 10.7 Å². The lowest BCUT2D eigenvalue weighted by Gasteiger charge is -2.10. The molecule has 0 aliphatic rings. The number of halogens is 2. The first kappa shape index (κ1) is 19.8. The van der Waals surface area contributed by atoms with Crippen LogP contribution in [-0.4, -0.2) is 20.2 Å². The molecule has 7 nitrogen and oxygen atoms in total. The molecule has 0 unspecified atom stereocenters. The first-order chi connectivity index (χ1) is 14.4. The molecule has 0 radical (unpaired) electrons. The Morgan fingerprint density at radius 1 is 1.10 bits per heavy atom. The summed E-state index contributed by atoms with van der Waals surface area (Å²) in [7, 11) is 0. The number of anilines is 4. The Morgan fingerprint density at radius 2 is 1.93 bits per heavy atom. The molecule has 4 N–H and O–H groups in total. The maximum absolute atomic E-state index is 14.9. The van der Waals surface area contributed by atoms with Crippen molar-refractivity contribution in [2.24, 2.45) is 0 Å². The summed E-state index contributed by atoms with van der Waals surface area (Å²) in [6.45, 7) is 5.73. The number of nitrogens with zero attached hydrogens (tertiary/aromatic N) is 3. The zero-order chi connectivity index (χ0) is 21.3. The van der Waals surface area contributed by atoms with Gasteiger partial charge in [0.15, 0.2) is 11.6 Å². The molecule has 152 valence electrons. The van der Waals surface area contributed by atoms with Crippen molar-refractivity contribution in [3.63, 3.8) is 0 Å². The van der Waals surface area contributed by atoms with E-state index in [1.807, 2.05) is 39.0 Å². The summed E-state index contributed by atoms with van der Waals surface area (Å²) >= 11 is 6.21. The summed E-state index contributed by atoms with van der Waals surface area (Å²) in [5.41, 5.74) is 4.73. The number of rotatable bonds is 5. The predicted octanol–water partition coefficient (Wildman–Crippen LogP) is 4.89. The molecule has 30 heavy (non-hydrogen) atoms. The second-order valence-corrected chi connectivity index (χ2v) is 7.37. The summed E-state index contributed by atoms with van der Waals surface area (Å²) in [5, 5.41) is 13.3. The highest BCUT2D eigenvalue weighted by molar-refractivity contribution is 6.32. The summed E-state index contributed by atoms with van der Waals surface area (Å²) < 4.78 is 14.9. The number of pyridine rings is 1. The van der Waals surface area contributed by atoms with E-state index in [-0.39, 0.29) is 0 Å². The summed E-state index contributed by atoms with van der Waals surface area (Å²) in [5.74, 6) is 0.913. The zero-order valence-electron chi connectivity index (χ0n) is 16.6. The van der Waals surface area contributed by atoms with Crippen molar-refractivity contribution in [3.8, 4) is 11.1 Å². The molecule has 4 rings (SSSR count). The third-order valence-corrected chi connectivity index (χ3v) is 4.80. The van der Waals surface area contributed by atoms with Crippen molar-refractivity contribution >= 4 is 34.9 Å². The van der Waals surface area contributed by atoms with E-state index in [4.69, 9.17) is 11.6 Å². The molecular formula is C21H20ClFN7+. The summed E-state index contributed by atoms with van der Waals surface area (Å²) in [6.07, 6.45) is 3.29. The summed E-state index contributed by atoms with van der Waals surface area (Å²) in [6, 6.07) is 8.87. The average molecular weight is 425 g/mol. The number of benzene rings is 1. The Kier molecular flexibility index (Phi) is 5.33. The van der Waals surface area contributed by atoms with Gasteiger partial charge in [0.25, 0.3) is 0 Å². The van der Waals surface area contributed by atoms with E-state index in [9.17, 15) is 4.39 Å². The van der Waals surface area contributed by atoms with E-state index in [0.717, 1.165) is 28.1 Å². The maximum Gasteiger partial charge on any atom is 0.396 e. The van der Waals surface area contributed by atoms with Crippen LogP contribution < -0.4 is 15.6 Å². The van der Waals surface area contributed by atoms with Gasteiger partial charge < -0.3 is 5.32 Å². The number of aromatic nitrogens is 5. The normalized spacial score (nSPS) is 10.8. The van der Waals surface area contributed by atoms with Crippen LogP contribution in [0.5, 0.6) is 0 Å². The van der Waals surface area contributed by atoms with Crippen molar-refractivity contribution < 1.29 is 9.37 Å². The van der Waals surface area contributed by atoms with E-state index in [1.165, 1.54) is 6.07 Å². The minimum Gasteiger partial charge on any atom is -0.308 e. The van der Waals surface area contributed by atoms with Gasteiger partial charge in [0.05, 0.1) is 6.20 Å². The van der Waals surface area contributed by atoms with E-state index in [1.54, 1.807) is 18.5 Å². The van der Waals surface area contributed by atoms with Crippen molar-refractivity contribution in [1.29, 1.82) is 0 Å². The van der Waals surface area contributed by atoms with E-state index in [2.05, 4.69) is 35.8 Å². The Balaban J connectivity index is 1.61. The SMILES string of the molecule is Cc1cc(-c2cc(F)c(Nc3nc(Nc4cc(C)[nH]n4)c(Cl)c[nH+]3)cc2C)ccn1. The average Bonchev–Trinajstić information content (AvgIpc) is 3.11. The molecule has 0 saturated heterocycles. The number of hydrogen-bond acceptors (Lipinski definition) is 5. The number of hydrogen-bond donors (Lipinski definition) is 3. The molecule has 0 atom stereocenters. The monoisotopic (exact) mass is 424 g/mol. The Morgan fingerprint density at radius 3 is 2.67 bits per heavy atom. The van der Waals surface area contributed by atoms with Gasteiger partial charge in [-0.1, -0.05) is 16.6 Å². The van der Waals surface area contributed by atoms with Crippen LogP contribution in [0.2, 0.25) is 5.02 Å². The van der Waals surface area contributed by atoms with Gasteiger partial charge >= 0.3 is 5.95 Å². The fourth-order valence-electron chi connectivity index (χ4n) is 3.08.